The highest BCUT2D eigenvalue weighted by atomic mass is 79.9. The van der Waals surface area contributed by atoms with E-state index in [-0.39, 0.29) is 5.91 Å². The molecule has 0 saturated heterocycles. The van der Waals surface area contributed by atoms with Gasteiger partial charge in [-0.05, 0) is 28.9 Å². The van der Waals surface area contributed by atoms with Gasteiger partial charge in [0.05, 0.1) is 16.4 Å². The fraction of sp³-hybridized carbons (Fsp3) is 0.400. The van der Waals surface area contributed by atoms with Crippen molar-refractivity contribution in [1.29, 1.82) is 0 Å². The fourth-order valence-electron chi connectivity index (χ4n) is 1.16. The molecule has 0 bridgehead atoms. The molecule has 1 rings (SSSR count). The van der Waals surface area contributed by atoms with Gasteiger partial charge in [-0.3, -0.25) is 4.79 Å². The van der Waals surface area contributed by atoms with Crippen LogP contribution in [0.25, 0.3) is 0 Å². The highest BCUT2D eigenvalue weighted by Gasteiger charge is 2.03. The highest BCUT2D eigenvalue weighted by molar-refractivity contribution is 9.10. The Morgan fingerprint density at radius 3 is 3.00 bits per heavy atom. The number of pyridine rings is 1. The predicted octanol–water partition coefficient (Wildman–Crippen LogP) is 1.36. The molecule has 1 aromatic heterocycles. The molecule has 0 aromatic carbocycles. The summed E-state index contributed by atoms with van der Waals surface area (Å²) in [4.78, 5) is 15.3. The van der Waals surface area contributed by atoms with E-state index in [1.807, 2.05) is 6.92 Å². The lowest BCUT2D eigenvalue weighted by Gasteiger charge is -2.07. The first-order valence-electron chi connectivity index (χ1n) is 5.05. The van der Waals surface area contributed by atoms with Crippen LogP contribution in [0.2, 0.25) is 0 Å². The third-order valence-electron chi connectivity index (χ3n) is 1.88. The molecule has 88 valence electrons. The standard InChI is InChI=1S/C10H15BrN4O/c1-2-13-9(16)3-4-14-10-8(11)5-7(12)6-15-10/h5-6H,2-4,12H2,1H3,(H,13,16)(H,14,15). The van der Waals surface area contributed by atoms with Crippen molar-refractivity contribution in [1.82, 2.24) is 10.3 Å². The van der Waals surface area contributed by atoms with E-state index in [4.69, 9.17) is 5.73 Å². The van der Waals surface area contributed by atoms with E-state index in [2.05, 4.69) is 31.5 Å². The number of nitrogens with two attached hydrogens (primary N) is 1. The molecule has 0 spiro atoms. The molecule has 16 heavy (non-hydrogen) atoms. The Labute approximate surface area is 103 Å². The molecule has 1 amide bonds. The maximum absolute atomic E-state index is 11.2. The number of halogens is 1. The summed E-state index contributed by atoms with van der Waals surface area (Å²) in [6.07, 6.45) is 1.99. The zero-order chi connectivity index (χ0) is 12.0. The average molecular weight is 287 g/mol. The summed E-state index contributed by atoms with van der Waals surface area (Å²) in [6.45, 7) is 3.09. The number of amides is 1. The van der Waals surface area contributed by atoms with E-state index in [1.54, 1.807) is 12.3 Å². The lowest BCUT2D eigenvalue weighted by molar-refractivity contribution is -0.120. The molecular formula is C10H15BrN4O. The smallest absolute Gasteiger partial charge is 0.221 e. The van der Waals surface area contributed by atoms with Crippen LogP contribution in [-0.4, -0.2) is 24.0 Å². The van der Waals surface area contributed by atoms with Crippen LogP contribution in [0.1, 0.15) is 13.3 Å². The molecule has 1 aromatic rings. The number of nitrogens with one attached hydrogen (secondary N) is 2. The number of hydrogen-bond donors (Lipinski definition) is 3. The molecule has 0 saturated carbocycles. The van der Waals surface area contributed by atoms with Gasteiger partial charge in [-0.25, -0.2) is 4.98 Å². The lowest BCUT2D eigenvalue weighted by Crippen LogP contribution is -2.24. The molecule has 0 atom stereocenters. The monoisotopic (exact) mass is 286 g/mol. The van der Waals surface area contributed by atoms with Crippen molar-refractivity contribution in [3.8, 4) is 0 Å². The number of nitrogens with zero attached hydrogens (tertiary/aromatic N) is 1. The van der Waals surface area contributed by atoms with Gasteiger partial charge in [0, 0.05) is 19.5 Å². The summed E-state index contributed by atoms with van der Waals surface area (Å²) in [7, 11) is 0. The first-order valence-corrected chi connectivity index (χ1v) is 5.84. The third-order valence-corrected chi connectivity index (χ3v) is 2.49. The summed E-state index contributed by atoms with van der Waals surface area (Å²) in [6, 6.07) is 1.77. The van der Waals surface area contributed by atoms with Crippen molar-refractivity contribution in [2.75, 3.05) is 24.1 Å². The van der Waals surface area contributed by atoms with Crippen LogP contribution in [0.15, 0.2) is 16.7 Å². The van der Waals surface area contributed by atoms with Crippen molar-refractivity contribution >= 4 is 33.3 Å². The van der Waals surface area contributed by atoms with E-state index in [1.165, 1.54) is 0 Å². The predicted molar refractivity (Wildman–Crippen MR) is 68.1 cm³/mol. The molecule has 5 nitrogen and oxygen atoms in total. The van der Waals surface area contributed by atoms with Crippen molar-refractivity contribution in [3.63, 3.8) is 0 Å². The number of carbonyl (C=O) groups excluding carboxylic acids is 1. The van der Waals surface area contributed by atoms with Crippen molar-refractivity contribution in [3.05, 3.63) is 16.7 Å². The van der Waals surface area contributed by atoms with Crippen LogP contribution in [0.3, 0.4) is 0 Å². The van der Waals surface area contributed by atoms with E-state index in [9.17, 15) is 4.79 Å². The van der Waals surface area contributed by atoms with Gasteiger partial charge in [-0.1, -0.05) is 0 Å². The fourth-order valence-corrected chi connectivity index (χ4v) is 1.67. The molecular weight excluding hydrogens is 272 g/mol. The minimum atomic E-state index is 0.0292. The number of anilines is 2. The maximum atomic E-state index is 11.2. The topological polar surface area (TPSA) is 80.0 Å². The van der Waals surface area contributed by atoms with Gasteiger partial charge in [0.1, 0.15) is 5.82 Å². The van der Waals surface area contributed by atoms with Crippen molar-refractivity contribution in [2.45, 2.75) is 13.3 Å². The average Bonchev–Trinajstić information content (AvgIpc) is 2.22. The van der Waals surface area contributed by atoms with Crippen LogP contribution in [0.5, 0.6) is 0 Å². The Hall–Kier alpha value is -1.30. The summed E-state index contributed by atoms with van der Waals surface area (Å²) >= 11 is 3.34. The van der Waals surface area contributed by atoms with Gasteiger partial charge in [-0.15, -0.1) is 0 Å². The SMILES string of the molecule is CCNC(=O)CCNc1ncc(N)cc1Br. The van der Waals surface area contributed by atoms with Crippen LogP contribution in [-0.2, 0) is 4.79 Å². The molecule has 0 aliphatic heterocycles. The van der Waals surface area contributed by atoms with Gasteiger partial charge in [0.15, 0.2) is 0 Å². The van der Waals surface area contributed by atoms with Gasteiger partial charge in [-0.2, -0.15) is 0 Å². The van der Waals surface area contributed by atoms with E-state index >= 15 is 0 Å². The number of hydrogen-bond acceptors (Lipinski definition) is 4. The minimum Gasteiger partial charge on any atom is -0.397 e. The maximum Gasteiger partial charge on any atom is 0.221 e. The van der Waals surface area contributed by atoms with Crippen molar-refractivity contribution < 1.29 is 4.79 Å². The molecule has 6 heteroatoms. The Morgan fingerprint density at radius 2 is 2.38 bits per heavy atom. The highest BCUT2D eigenvalue weighted by Crippen LogP contribution is 2.21. The second kappa shape index (κ2) is 6.32. The first-order chi connectivity index (χ1) is 7.63. The van der Waals surface area contributed by atoms with Crippen LogP contribution in [0.4, 0.5) is 11.5 Å². The minimum absolute atomic E-state index is 0.0292. The normalized spacial score (nSPS) is 9.88. The largest absolute Gasteiger partial charge is 0.397 e. The first kappa shape index (κ1) is 12.8. The number of nitrogen functional groups attached to an aromatic ring is 1. The number of rotatable bonds is 5. The van der Waals surface area contributed by atoms with Gasteiger partial charge in [0.2, 0.25) is 5.91 Å². The Morgan fingerprint density at radius 1 is 1.62 bits per heavy atom. The Kier molecular flexibility index (Phi) is 5.04. The molecule has 0 aliphatic carbocycles. The van der Waals surface area contributed by atoms with Crippen LogP contribution < -0.4 is 16.4 Å². The summed E-state index contributed by atoms with van der Waals surface area (Å²) in [5.74, 6) is 0.722. The summed E-state index contributed by atoms with van der Waals surface area (Å²) < 4.78 is 0.795. The van der Waals surface area contributed by atoms with Crippen LogP contribution >= 0.6 is 15.9 Å². The Bertz CT molecular complexity index is 370. The number of aromatic nitrogens is 1. The second-order valence-corrected chi connectivity index (χ2v) is 4.08. The molecule has 0 unspecified atom stereocenters. The van der Waals surface area contributed by atoms with E-state index in [0.29, 0.717) is 31.0 Å². The van der Waals surface area contributed by atoms with Crippen molar-refractivity contribution in [2.24, 2.45) is 0 Å². The molecule has 0 aliphatic rings. The molecule has 1 heterocycles. The molecule has 4 N–H and O–H groups in total. The third kappa shape index (κ3) is 4.06. The quantitative estimate of drug-likeness (QED) is 0.764. The summed E-state index contributed by atoms with van der Waals surface area (Å²) in [5, 5.41) is 5.78. The number of carbonyl (C=O) groups is 1. The molecule has 0 radical (unpaired) electrons. The van der Waals surface area contributed by atoms with Gasteiger partial charge < -0.3 is 16.4 Å². The summed E-state index contributed by atoms with van der Waals surface area (Å²) in [5.41, 5.74) is 6.16. The van der Waals surface area contributed by atoms with Crippen LogP contribution in [0, 0.1) is 0 Å². The zero-order valence-electron chi connectivity index (χ0n) is 9.09. The van der Waals surface area contributed by atoms with Gasteiger partial charge in [0.25, 0.3) is 0 Å². The lowest BCUT2D eigenvalue weighted by atomic mass is 10.3. The molecule has 0 fully saturated rings. The van der Waals surface area contributed by atoms with E-state index < -0.39 is 0 Å². The zero-order valence-corrected chi connectivity index (χ0v) is 10.7. The second-order valence-electron chi connectivity index (χ2n) is 3.23. The van der Waals surface area contributed by atoms with Gasteiger partial charge >= 0.3 is 0 Å². The Balaban J connectivity index is 2.40. The van der Waals surface area contributed by atoms with E-state index in [0.717, 1.165) is 4.47 Å².